The van der Waals surface area contributed by atoms with Crippen molar-refractivity contribution in [2.75, 3.05) is 0 Å². The van der Waals surface area contributed by atoms with Gasteiger partial charge in [0.2, 0.25) is 5.16 Å². The van der Waals surface area contributed by atoms with Gasteiger partial charge in [0.1, 0.15) is 10.9 Å². The molecule has 0 aliphatic rings. The molecule has 2 heterocycles. The van der Waals surface area contributed by atoms with Gasteiger partial charge in [-0.2, -0.15) is 0 Å². The van der Waals surface area contributed by atoms with Crippen LogP contribution in [0.3, 0.4) is 0 Å². The molecule has 4 rings (SSSR count). The summed E-state index contributed by atoms with van der Waals surface area (Å²) >= 11 is 1.52. The maximum Gasteiger partial charge on any atom is 0.202 e. The van der Waals surface area contributed by atoms with E-state index in [1.807, 2.05) is 36.4 Å². The molecule has 0 saturated heterocycles. The highest BCUT2D eigenvalue weighted by Gasteiger charge is 2.16. The van der Waals surface area contributed by atoms with Crippen LogP contribution in [0, 0.1) is 6.92 Å². The Labute approximate surface area is 157 Å². The lowest BCUT2D eigenvalue weighted by Crippen LogP contribution is -2.04. The lowest BCUT2D eigenvalue weighted by Gasteiger charge is -2.10. The molecular formula is C21H18N4S. The SMILES string of the molecule is Cc1ccc(-n2c(Cc3ccccc3)nnc2Sc2ccccn2)cc1. The van der Waals surface area contributed by atoms with E-state index in [2.05, 4.69) is 63.1 Å². The van der Waals surface area contributed by atoms with Crippen LogP contribution >= 0.6 is 11.8 Å². The summed E-state index contributed by atoms with van der Waals surface area (Å²) in [6.45, 7) is 2.09. The zero-order valence-electron chi connectivity index (χ0n) is 14.4. The minimum absolute atomic E-state index is 0.727. The molecule has 0 atom stereocenters. The van der Waals surface area contributed by atoms with Crippen molar-refractivity contribution in [3.05, 3.63) is 95.9 Å². The third kappa shape index (κ3) is 3.68. The van der Waals surface area contributed by atoms with Crippen molar-refractivity contribution in [3.8, 4) is 5.69 Å². The Morgan fingerprint density at radius 2 is 1.62 bits per heavy atom. The maximum atomic E-state index is 4.47. The van der Waals surface area contributed by atoms with Crippen molar-refractivity contribution in [1.82, 2.24) is 19.7 Å². The standard InChI is InChI=1S/C21H18N4S/c1-16-10-12-18(13-11-16)25-19(15-17-7-3-2-4-8-17)23-24-21(25)26-20-9-5-6-14-22-20/h2-14H,15H2,1H3. The molecule has 26 heavy (non-hydrogen) atoms. The second-order valence-electron chi connectivity index (χ2n) is 6.00. The molecular weight excluding hydrogens is 340 g/mol. The monoisotopic (exact) mass is 358 g/mol. The minimum atomic E-state index is 0.727. The predicted molar refractivity (Wildman–Crippen MR) is 104 cm³/mol. The molecule has 0 saturated carbocycles. The van der Waals surface area contributed by atoms with Crippen molar-refractivity contribution in [2.45, 2.75) is 23.5 Å². The molecule has 0 amide bonds. The van der Waals surface area contributed by atoms with Crippen molar-refractivity contribution in [1.29, 1.82) is 0 Å². The molecule has 0 aliphatic carbocycles. The number of hydrogen-bond acceptors (Lipinski definition) is 4. The molecule has 128 valence electrons. The summed E-state index contributed by atoms with van der Waals surface area (Å²) in [4.78, 5) is 4.40. The normalized spacial score (nSPS) is 10.8. The zero-order valence-corrected chi connectivity index (χ0v) is 15.2. The largest absolute Gasteiger partial charge is 0.273 e. The Kier molecular flexibility index (Phi) is 4.80. The fourth-order valence-electron chi connectivity index (χ4n) is 2.71. The molecule has 0 fully saturated rings. The summed E-state index contributed by atoms with van der Waals surface area (Å²) < 4.78 is 2.12. The van der Waals surface area contributed by atoms with E-state index in [1.54, 1.807) is 6.20 Å². The van der Waals surface area contributed by atoms with Crippen molar-refractivity contribution in [3.63, 3.8) is 0 Å². The number of aryl methyl sites for hydroxylation is 1. The van der Waals surface area contributed by atoms with Crippen molar-refractivity contribution >= 4 is 11.8 Å². The highest BCUT2D eigenvalue weighted by Crippen LogP contribution is 2.28. The van der Waals surface area contributed by atoms with E-state index in [4.69, 9.17) is 0 Å². The fourth-order valence-corrected chi connectivity index (χ4v) is 3.54. The number of nitrogens with zero attached hydrogens (tertiary/aromatic N) is 4. The Morgan fingerprint density at radius 3 is 2.35 bits per heavy atom. The maximum absolute atomic E-state index is 4.47. The first kappa shape index (κ1) is 16.5. The van der Waals surface area contributed by atoms with Gasteiger partial charge in [-0.3, -0.25) is 4.57 Å². The van der Waals surface area contributed by atoms with Crippen LogP contribution in [0.15, 0.2) is 89.2 Å². The summed E-state index contributed by atoms with van der Waals surface area (Å²) in [7, 11) is 0. The highest BCUT2D eigenvalue weighted by atomic mass is 32.2. The van der Waals surface area contributed by atoms with Gasteiger partial charge in [0.05, 0.1) is 0 Å². The molecule has 0 unspecified atom stereocenters. The highest BCUT2D eigenvalue weighted by molar-refractivity contribution is 7.99. The molecule has 0 bridgehead atoms. The van der Waals surface area contributed by atoms with Crippen molar-refractivity contribution < 1.29 is 0 Å². The number of pyridine rings is 1. The van der Waals surface area contributed by atoms with Crippen LogP contribution in [0.25, 0.3) is 5.69 Å². The van der Waals surface area contributed by atoms with Crippen LogP contribution in [0.5, 0.6) is 0 Å². The quantitative estimate of drug-likeness (QED) is 0.518. The van der Waals surface area contributed by atoms with Crippen LogP contribution in [0.2, 0.25) is 0 Å². The topological polar surface area (TPSA) is 43.6 Å². The third-order valence-corrected chi connectivity index (χ3v) is 4.93. The van der Waals surface area contributed by atoms with E-state index in [1.165, 1.54) is 22.9 Å². The Hall–Kier alpha value is -2.92. The summed E-state index contributed by atoms with van der Waals surface area (Å²) in [5.74, 6) is 0.915. The first-order valence-corrected chi connectivity index (χ1v) is 9.25. The van der Waals surface area contributed by atoms with Crippen LogP contribution in [-0.2, 0) is 6.42 Å². The molecule has 0 radical (unpaired) electrons. The molecule has 0 aliphatic heterocycles. The molecule has 4 aromatic rings. The Balaban J connectivity index is 1.75. The second kappa shape index (κ2) is 7.54. The second-order valence-corrected chi connectivity index (χ2v) is 6.99. The first-order chi connectivity index (χ1) is 12.8. The van der Waals surface area contributed by atoms with E-state index in [-0.39, 0.29) is 0 Å². The van der Waals surface area contributed by atoms with E-state index in [0.29, 0.717) is 0 Å². The summed E-state index contributed by atoms with van der Waals surface area (Å²) in [6, 6.07) is 24.6. The van der Waals surface area contributed by atoms with Crippen LogP contribution in [0.4, 0.5) is 0 Å². The Morgan fingerprint density at radius 1 is 0.846 bits per heavy atom. The van der Waals surface area contributed by atoms with E-state index >= 15 is 0 Å². The number of hydrogen-bond donors (Lipinski definition) is 0. The van der Waals surface area contributed by atoms with E-state index < -0.39 is 0 Å². The number of rotatable bonds is 5. The van der Waals surface area contributed by atoms with Crippen LogP contribution < -0.4 is 0 Å². The van der Waals surface area contributed by atoms with E-state index in [0.717, 1.165) is 28.1 Å². The summed E-state index contributed by atoms with van der Waals surface area (Å²) in [6.07, 6.45) is 2.52. The molecule has 4 nitrogen and oxygen atoms in total. The van der Waals surface area contributed by atoms with Gasteiger partial charge >= 0.3 is 0 Å². The first-order valence-electron chi connectivity index (χ1n) is 8.44. The van der Waals surface area contributed by atoms with E-state index in [9.17, 15) is 0 Å². The average molecular weight is 358 g/mol. The minimum Gasteiger partial charge on any atom is -0.273 e. The predicted octanol–water partition coefficient (Wildman–Crippen LogP) is 4.71. The fraction of sp³-hybridized carbons (Fsp3) is 0.0952. The van der Waals surface area contributed by atoms with Gasteiger partial charge in [0.25, 0.3) is 0 Å². The summed E-state index contributed by atoms with van der Waals surface area (Å²) in [5, 5.41) is 10.6. The third-order valence-electron chi connectivity index (χ3n) is 4.03. The molecule has 0 N–H and O–H groups in total. The van der Waals surface area contributed by atoms with Gasteiger partial charge in [0, 0.05) is 18.3 Å². The van der Waals surface area contributed by atoms with Crippen LogP contribution in [-0.4, -0.2) is 19.7 Å². The molecule has 2 aromatic carbocycles. The molecule has 0 spiro atoms. The van der Waals surface area contributed by atoms with Gasteiger partial charge in [-0.1, -0.05) is 54.1 Å². The number of benzene rings is 2. The smallest absolute Gasteiger partial charge is 0.202 e. The van der Waals surface area contributed by atoms with Crippen LogP contribution in [0.1, 0.15) is 17.0 Å². The van der Waals surface area contributed by atoms with Crippen molar-refractivity contribution in [2.24, 2.45) is 0 Å². The molecule has 2 aromatic heterocycles. The average Bonchev–Trinajstić information content (AvgIpc) is 3.06. The van der Waals surface area contributed by atoms with Gasteiger partial charge in [-0.15, -0.1) is 10.2 Å². The van der Waals surface area contributed by atoms with Gasteiger partial charge < -0.3 is 0 Å². The Bertz CT molecular complexity index is 921. The summed E-state index contributed by atoms with van der Waals surface area (Å²) in [5.41, 5.74) is 3.50. The molecule has 5 heteroatoms. The zero-order chi connectivity index (χ0) is 17.8. The number of aromatic nitrogens is 4. The lowest BCUT2D eigenvalue weighted by molar-refractivity contribution is 0.845. The van der Waals surface area contributed by atoms with Gasteiger partial charge in [0.15, 0.2) is 0 Å². The van der Waals surface area contributed by atoms with Gasteiger partial charge in [-0.25, -0.2) is 4.98 Å². The lowest BCUT2D eigenvalue weighted by atomic mass is 10.1. The van der Waals surface area contributed by atoms with Gasteiger partial charge in [-0.05, 0) is 48.5 Å².